The molecule has 0 N–H and O–H groups in total. The third-order valence-electron chi connectivity index (χ3n) is 3.89. The molecule has 1 heterocycles. The summed E-state index contributed by atoms with van der Waals surface area (Å²) in [5.41, 5.74) is 1.05. The molecule has 0 saturated carbocycles. The van der Waals surface area contributed by atoms with Gasteiger partial charge in [-0.2, -0.15) is 9.57 Å². The lowest BCUT2D eigenvalue weighted by atomic mass is 10.2. The van der Waals surface area contributed by atoms with E-state index in [0.29, 0.717) is 17.7 Å². The van der Waals surface area contributed by atoms with Crippen molar-refractivity contribution in [2.24, 2.45) is 0 Å². The van der Waals surface area contributed by atoms with Crippen LogP contribution in [0.5, 0.6) is 0 Å². The Balaban J connectivity index is 2.44. The fourth-order valence-electron chi connectivity index (χ4n) is 2.78. The summed E-state index contributed by atoms with van der Waals surface area (Å²) < 4.78 is 27.5. The van der Waals surface area contributed by atoms with Crippen molar-refractivity contribution in [3.8, 4) is 6.07 Å². The van der Waals surface area contributed by atoms with E-state index in [4.69, 9.17) is 5.26 Å². The standard InChI is InChI=1S/C15H21N3O2S/c1-12-5-6-14(10-16)9-15(12)21(19,20)18-8-4-7-17(3)11-13(18)2/h5-6,9,13H,4,7-8,11H2,1-3H3. The maximum Gasteiger partial charge on any atom is 0.243 e. The van der Waals surface area contributed by atoms with Crippen LogP contribution < -0.4 is 0 Å². The zero-order chi connectivity index (χ0) is 15.6. The Labute approximate surface area is 126 Å². The summed E-state index contributed by atoms with van der Waals surface area (Å²) in [6, 6.07) is 6.75. The van der Waals surface area contributed by atoms with Crippen molar-refractivity contribution in [3.05, 3.63) is 29.3 Å². The maximum atomic E-state index is 12.9. The van der Waals surface area contributed by atoms with Gasteiger partial charge in [-0.05, 0) is 51.6 Å². The topological polar surface area (TPSA) is 64.4 Å². The summed E-state index contributed by atoms with van der Waals surface area (Å²) in [6.45, 7) is 5.83. The number of hydrogen-bond donors (Lipinski definition) is 0. The van der Waals surface area contributed by atoms with Crippen molar-refractivity contribution < 1.29 is 8.42 Å². The average molecular weight is 307 g/mol. The van der Waals surface area contributed by atoms with Crippen LogP contribution in [0, 0.1) is 18.3 Å². The molecule has 1 atom stereocenters. The van der Waals surface area contributed by atoms with Crippen LogP contribution in [0.15, 0.2) is 23.1 Å². The lowest BCUT2D eigenvalue weighted by molar-refractivity contribution is 0.290. The third-order valence-corrected chi connectivity index (χ3v) is 6.05. The zero-order valence-corrected chi connectivity index (χ0v) is 13.5. The highest BCUT2D eigenvalue weighted by Gasteiger charge is 2.32. The monoisotopic (exact) mass is 307 g/mol. The molecule has 1 aromatic rings. The Morgan fingerprint density at radius 3 is 2.71 bits per heavy atom. The van der Waals surface area contributed by atoms with Gasteiger partial charge in [0.2, 0.25) is 10.0 Å². The summed E-state index contributed by atoms with van der Waals surface area (Å²) in [6.07, 6.45) is 0.817. The molecule has 1 aromatic carbocycles. The van der Waals surface area contributed by atoms with Gasteiger partial charge in [0.15, 0.2) is 0 Å². The van der Waals surface area contributed by atoms with Crippen molar-refractivity contribution >= 4 is 10.0 Å². The number of hydrogen-bond acceptors (Lipinski definition) is 4. The van der Waals surface area contributed by atoms with E-state index < -0.39 is 10.0 Å². The van der Waals surface area contributed by atoms with Gasteiger partial charge in [0.05, 0.1) is 16.5 Å². The molecular weight excluding hydrogens is 286 g/mol. The van der Waals surface area contributed by atoms with Crippen molar-refractivity contribution in [1.29, 1.82) is 5.26 Å². The third kappa shape index (κ3) is 3.26. The van der Waals surface area contributed by atoms with Crippen molar-refractivity contribution in [2.75, 3.05) is 26.7 Å². The Hall–Kier alpha value is -1.42. The summed E-state index contributed by atoms with van der Waals surface area (Å²) in [5.74, 6) is 0. The lowest BCUT2D eigenvalue weighted by Crippen LogP contribution is -2.42. The molecular formula is C15H21N3O2S. The first-order valence-corrected chi connectivity index (χ1v) is 8.51. The summed E-state index contributed by atoms with van der Waals surface area (Å²) in [7, 11) is -1.56. The second kappa shape index (κ2) is 6.14. The number of likely N-dealkylation sites (N-methyl/N-ethyl adjacent to an activating group) is 1. The van der Waals surface area contributed by atoms with Gasteiger partial charge in [-0.3, -0.25) is 0 Å². The Bertz CT molecular complexity index is 664. The summed E-state index contributed by atoms with van der Waals surface area (Å²) in [5, 5.41) is 9.00. The molecule has 0 radical (unpaired) electrons. The van der Waals surface area contributed by atoms with Gasteiger partial charge in [-0.25, -0.2) is 8.42 Å². The SMILES string of the molecule is Cc1ccc(C#N)cc1S(=O)(=O)N1CCCN(C)CC1C. The highest BCUT2D eigenvalue weighted by atomic mass is 32.2. The summed E-state index contributed by atoms with van der Waals surface area (Å²) in [4.78, 5) is 2.40. The van der Waals surface area contributed by atoms with Crippen molar-refractivity contribution in [1.82, 2.24) is 9.21 Å². The van der Waals surface area contributed by atoms with E-state index in [1.807, 2.05) is 20.0 Å². The molecule has 5 nitrogen and oxygen atoms in total. The number of nitriles is 1. The minimum absolute atomic E-state index is 0.0763. The highest BCUT2D eigenvalue weighted by molar-refractivity contribution is 7.89. The van der Waals surface area contributed by atoms with Crippen molar-refractivity contribution in [2.45, 2.75) is 31.2 Å². The molecule has 6 heteroatoms. The van der Waals surface area contributed by atoms with E-state index in [9.17, 15) is 8.42 Å². The zero-order valence-electron chi connectivity index (χ0n) is 12.7. The van der Waals surface area contributed by atoms with Gasteiger partial charge in [-0.1, -0.05) is 6.07 Å². The molecule has 1 unspecified atom stereocenters. The van der Waals surface area contributed by atoms with E-state index >= 15 is 0 Å². The first-order valence-electron chi connectivity index (χ1n) is 7.07. The van der Waals surface area contributed by atoms with Crippen molar-refractivity contribution in [3.63, 3.8) is 0 Å². The van der Waals surface area contributed by atoms with Crippen LogP contribution in [-0.4, -0.2) is 50.3 Å². The molecule has 0 amide bonds. The summed E-state index contributed by atoms with van der Waals surface area (Å²) >= 11 is 0. The van der Waals surface area contributed by atoms with Crippen LogP contribution in [0.25, 0.3) is 0 Å². The first kappa shape index (κ1) is 16.0. The Morgan fingerprint density at radius 2 is 2.05 bits per heavy atom. The number of aryl methyl sites for hydroxylation is 1. The van der Waals surface area contributed by atoms with E-state index in [-0.39, 0.29) is 10.9 Å². The number of benzene rings is 1. The van der Waals surface area contributed by atoms with Crippen LogP contribution >= 0.6 is 0 Å². The fraction of sp³-hybridized carbons (Fsp3) is 0.533. The fourth-order valence-corrected chi connectivity index (χ4v) is 4.69. The molecule has 1 fully saturated rings. The molecule has 0 aliphatic carbocycles. The molecule has 1 aliphatic heterocycles. The molecule has 114 valence electrons. The predicted molar refractivity (Wildman–Crippen MR) is 81.4 cm³/mol. The molecule has 2 rings (SSSR count). The molecule has 1 aliphatic rings. The lowest BCUT2D eigenvalue weighted by Gasteiger charge is -2.27. The van der Waals surface area contributed by atoms with Crippen LogP contribution in [0.4, 0.5) is 0 Å². The van der Waals surface area contributed by atoms with E-state index in [1.54, 1.807) is 23.4 Å². The molecule has 0 aromatic heterocycles. The second-order valence-corrected chi connectivity index (χ2v) is 7.53. The number of rotatable bonds is 2. The van der Waals surface area contributed by atoms with Gasteiger partial charge in [0.1, 0.15) is 0 Å². The van der Waals surface area contributed by atoms with Gasteiger partial charge in [0.25, 0.3) is 0 Å². The minimum atomic E-state index is -3.57. The normalized spacial score (nSPS) is 21.7. The molecule has 0 spiro atoms. The minimum Gasteiger partial charge on any atom is -0.305 e. The van der Waals surface area contributed by atoms with E-state index in [1.165, 1.54) is 6.07 Å². The van der Waals surface area contributed by atoms with Gasteiger partial charge >= 0.3 is 0 Å². The quantitative estimate of drug-likeness (QED) is 0.832. The van der Waals surface area contributed by atoms with E-state index in [2.05, 4.69) is 4.90 Å². The second-order valence-electron chi connectivity index (χ2n) is 5.67. The molecule has 1 saturated heterocycles. The molecule has 21 heavy (non-hydrogen) atoms. The highest BCUT2D eigenvalue weighted by Crippen LogP contribution is 2.24. The van der Waals surface area contributed by atoms with Crippen LogP contribution in [0.1, 0.15) is 24.5 Å². The average Bonchev–Trinajstić information content (AvgIpc) is 2.60. The van der Waals surface area contributed by atoms with Gasteiger partial charge in [0, 0.05) is 19.1 Å². The number of nitrogens with zero attached hydrogens (tertiary/aromatic N) is 3. The van der Waals surface area contributed by atoms with Crippen LogP contribution in [0.3, 0.4) is 0 Å². The molecule has 0 bridgehead atoms. The Kier molecular flexibility index (Phi) is 4.67. The Morgan fingerprint density at radius 1 is 1.33 bits per heavy atom. The smallest absolute Gasteiger partial charge is 0.243 e. The maximum absolute atomic E-state index is 12.9. The van der Waals surface area contributed by atoms with Crippen LogP contribution in [0.2, 0.25) is 0 Å². The predicted octanol–water partition coefficient (Wildman–Crippen LogP) is 1.58. The van der Waals surface area contributed by atoms with Gasteiger partial charge in [-0.15, -0.1) is 0 Å². The van der Waals surface area contributed by atoms with Gasteiger partial charge < -0.3 is 4.90 Å². The largest absolute Gasteiger partial charge is 0.305 e. The number of sulfonamides is 1. The van der Waals surface area contributed by atoms with E-state index in [0.717, 1.165) is 19.5 Å². The van der Waals surface area contributed by atoms with Crippen LogP contribution in [-0.2, 0) is 10.0 Å². The first-order chi connectivity index (χ1) is 9.86.